The number of allylic oxidation sites excluding steroid dienone is 3. The van der Waals surface area contributed by atoms with Gasteiger partial charge in [0.2, 0.25) is 0 Å². The van der Waals surface area contributed by atoms with E-state index in [0.717, 1.165) is 0 Å². The fourth-order valence-electron chi connectivity index (χ4n) is 2.09. The van der Waals surface area contributed by atoms with Crippen LogP contribution in [-0.4, -0.2) is 24.5 Å². The number of rotatable bonds is 6. The Bertz CT molecular complexity index is 641. The van der Waals surface area contributed by atoms with Gasteiger partial charge in [0, 0.05) is 32.7 Å². The third kappa shape index (κ3) is 4.82. The second-order valence-corrected chi connectivity index (χ2v) is 4.53. The van der Waals surface area contributed by atoms with E-state index in [4.69, 9.17) is 4.74 Å². The van der Waals surface area contributed by atoms with Gasteiger partial charge in [-0.25, -0.2) is 13.2 Å². The summed E-state index contributed by atoms with van der Waals surface area (Å²) in [6, 6.07) is 4.30. The first-order valence-electron chi connectivity index (χ1n) is 6.61. The van der Waals surface area contributed by atoms with E-state index >= 15 is 0 Å². The predicted molar refractivity (Wildman–Crippen MR) is 79.7 cm³/mol. The molecule has 2 nitrogen and oxygen atoms in total. The van der Waals surface area contributed by atoms with E-state index in [0.29, 0.717) is 5.70 Å². The Morgan fingerprint density at radius 3 is 2.74 bits per heavy atom. The minimum Gasteiger partial charge on any atom is -0.502 e. The fourth-order valence-corrected chi connectivity index (χ4v) is 2.09. The van der Waals surface area contributed by atoms with E-state index < -0.39 is 18.8 Å². The minimum absolute atomic E-state index is 0. The van der Waals surface area contributed by atoms with Crippen LogP contribution in [0.3, 0.4) is 0 Å². The van der Waals surface area contributed by atoms with Crippen molar-refractivity contribution in [3.8, 4) is 5.75 Å². The third-order valence-electron chi connectivity index (χ3n) is 3.00. The molecular formula is C17H15F3NOY-. The summed E-state index contributed by atoms with van der Waals surface area (Å²) in [5.74, 6) is -0.337. The maximum Gasteiger partial charge on any atom is 0.256 e. The molecule has 0 fully saturated rings. The van der Waals surface area contributed by atoms with Crippen molar-refractivity contribution in [2.45, 2.75) is 6.43 Å². The van der Waals surface area contributed by atoms with Crippen LogP contribution in [0.25, 0.3) is 5.70 Å². The second kappa shape index (κ2) is 9.09. The van der Waals surface area contributed by atoms with Gasteiger partial charge in [0.25, 0.3) is 6.43 Å². The van der Waals surface area contributed by atoms with Gasteiger partial charge in [-0.15, -0.1) is 6.08 Å². The number of halogens is 3. The Balaban J connectivity index is 0.00000264. The Hall–Kier alpha value is -1.33. The molecule has 1 aromatic rings. The van der Waals surface area contributed by atoms with Crippen molar-refractivity contribution in [3.05, 3.63) is 72.7 Å². The molecular weight excluding hydrogens is 380 g/mol. The summed E-state index contributed by atoms with van der Waals surface area (Å²) in [4.78, 5) is 1.23. The average Bonchev–Trinajstić information content (AvgIpc) is 2.47. The van der Waals surface area contributed by atoms with Gasteiger partial charge in [-0.2, -0.15) is 12.2 Å². The van der Waals surface area contributed by atoms with E-state index in [1.807, 2.05) is 0 Å². The standard InChI is InChI=1S/C17H15F3NO.Y/c1-3-10-22-15-9-5-7-13(18)17(15)14-8-4-6-12(2)21(14)11-16(19)20;/h3-7,9,16H,1-2,10-11H2;/q-1;. The Morgan fingerprint density at radius 2 is 2.09 bits per heavy atom. The van der Waals surface area contributed by atoms with Crippen molar-refractivity contribution in [2.24, 2.45) is 0 Å². The molecule has 0 bridgehead atoms. The van der Waals surface area contributed by atoms with Crippen LogP contribution in [0.5, 0.6) is 5.75 Å². The average molecular weight is 395 g/mol. The van der Waals surface area contributed by atoms with E-state index in [2.05, 4.69) is 19.2 Å². The van der Waals surface area contributed by atoms with Crippen LogP contribution in [0, 0.1) is 11.9 Å². The summed E-state index contributed by atoms with van der Waals surface area (Å²) in [6.45, 7) is 6.82. The van der Waals surface area contributed by atoms with Crippen LogP contribution in [-0.2, 0) is 32.7 Å². The molecule has 0 saturated carbocycles. The predicted octanol–water partition coefficient (Wildman–Crippen LogP) is 4.18. The molecule has 0 saturated heterocycles. The maximum atomic E-state index is 14.3. The molecule has 0 atom stereocenters. The molecule has 0 aliphatic carbocycles. The molecule has 119 valence electrons. The van der Waals surface area contributed by atoms with E-state index in [-0.39, 0.29) is 56.3 Å². The van der Waals surface area contributed by atoms with Crippen LogP contribution in [0.15, 0.2) is 55.3 Å². The minimum atomic E-state index is -2.59. The van der Waals surface area contributed by atoms with Crippen molar-refractivity contribution >= 4 is 5.70 Å². The summed E-state index contributed by atoms with van der Waals surface area (Å²) in [6.07, 6.45) is 4.78. The van der Waals surface area contributed by atoms with Crippen LogP contribution < -0.4 is 4.74 Å². The Morgan fingerprint density at radius 1 is 1.35 bits per heavy atom. The van der Waals surface area contributed by atoms with Gasteiger partial charge in [0.1, 0.15) is 6.61 Å². The van der Waals surface area contributed by atoms with Gasteiger partial charge in [0.15, 0.2) is 0 Å². The first-order valence-corrected chi connectivity index (χ1v) is 6.61. The topological polar surface area (TPSA) is 12.5 Å². The van der Waals surface area contributed by atoms with Crippen LogP contribution in [0.4, 0.5) is 13.2 Å². The zero-order valence-electron chi connectivity index (χ0n) is 12.4. The van der Waals surface area contributed by atoms with Gasteiger partial charge in [0.05, 0.1) is 18.1 Å². The number of nitrogens with zero attached hydrogens (tertiary/aromatic N) is 1. The molecule has 1 heterocycles. The van der Waals surface area contributed by atoms with E-state index in [9.17, 15) is 13.2 Å². The zero-order valence-corrected chi connectivity index (χ0v) is 15.3. The van der Waals surface area contributed by atoms with Gasteiger partial charge in [-0.3, -0.25) is 0 Å². The molecule has 0 aromatic heterocycles. The van der Waals surface area contributed by atoms with Crippen molar-refractivity contribution < 1.29 is 50.6 Å². The van der Waals surface area contributed by atoms with Gasteiger partial charge < -0.3 is 9.64 Å². The number of ether oxygens (including phenoxy) is 1. The molecule has 23 heavy (non-hydrogen) atoms. The quantitative estimate of drug-likeness (QED) is 0.529. The van der Waals surface area contributed by atoms with Gasteiger partial charge >= 0.3 is 0 Å². The summed E-state index contributed by atoms with van der Waals surface area (Å²) in [5, 5.41) is 0. The summed E-state index contributed by atoms with van der Waals surface area (Å²) in [5.41, 5.74) is 0.590. The third-order valence-corrected chi connectivity index (χ3v) is 3.00. The first-order chi connectivity index (χ1) is 10.5. The Labute approximate surface area is 158 Å². The Kier molecular flexibility index (Phi) is 7.79. The van der Waals surface area contributed by atoms with Gasteiger partial charge in [-0.1, -0.05) is 31.0 Å². The SMILES string of the molecule is C=CCOc1cccc(F)c1C1=[C-]C=CC(=C)N1CC(F)F.[Y]. The number of alkyl halides is 2. The van der Waals surface area contributed by atoms with E-state index in [1.54, 1.807) is 6.07 Å². The smallest absolute Gasteiger partial charge is 0.256 e. The number of benzene rings is 1. The van der Waals surface area contributed by atoms with Crippen LogP contribution >= 0.6 is 0 Å². The van der Waals surface area contributed by atoms with E-state index in [1.165, 1.54) is 35.3 Å². The van der Waals surface area contributed by atoms with Crippen molar-refractivity contribution in [1.29, 1.82) is 0 Å². The summed E-state index contributed by atoms with van der Waals surface area (Å²) in [7, 11) is 0. The maximum absolute atomic E-state index is 14.3. The zero-order chi connectivity index (χ0) is 16.1. The molecule has 0 amide bonds. The molecule has 1 aliphatic heterocycles. The van der Waals surface area contributed by atoms with Crippen molar-refractivity contribution in [2.75, 3.05) is 13.2 Å². The molecule has 0 unspecified atom stereocenters. The van der Waals surface area contributed by atoms with Gasteiger partial charge in [-0.05, 0) is 23.4 Å². The van der Waals surface area contributed by atoms with Crippen molar-refractivity contribution in [1.82, 2.24) is 4.90 Å². The number of hydrogen-bond donors (Lipinski definition) is 0. The first kappa shape index (κ1) is 19.7. The normalized spacial score (nSPS) is 13.7. The number of hydrogen-bond acceptors (Lipinski definition) is 2. The molecule has 0 N–H and O–H groups in total. The molecule has 0 spiro atoms. The molecule has 1 radical (unpaired) electrons. The molecule has 1 aliphatic rings. The summed E-state index contributed by atoms with van der Waals surface area (Å²) >= 11 is 0. The fraction of sp³-hybridized carbons (Fsp3) is 0.176. The van der Waals surface area contributed by atoms with Crippen molar-refractivity contribution in [3.63, 3.8) is 0 Å². The van der Waals surface area contributed by atoms with Crippen LogP contribution in [0.2, 0.25) is 0 Å². The monoisotopic (exact) mass is 395 g/mol. The summed E-state index contributed by atoms with van der Waals surface area (Å²) < 4.78 is 45.3. The molecule has 6 heteroatoms. The molecule has 1 aromatic carbocycles. The largest absolute Gasteiger partial charge is 0.502 e. The van der Waals surface area contributed by atoms with Crippen LogP contribution in [0.1, 0.15) is 5.56 Å². The molecule has 2 rings (SSSR count). The second-order valence-electron chi connectivity index (χ2n) is 4.53.